The molecule has 1 aliphatic rings. The first kappa shape index (κ1) is 24.6. The molecule has 2 aromatic rings. The minimum absolute atomic E-state index is 0.244. The number of carboxylic acids is 1. The molecule has 178 valence electrons. The first-order chi connectivity index (χ1) is 15.7. The van der Waals surface area contributed by atoms with E-state index in [4.69, 9.17) is 9.47 Å². The van der Waals surface area contributed by atoms with Crippen molar-refractivity contribution in [3.63, 3.8) is 0 Å². The van der Waals surface area contributed by atoms with Gasteiger partial charge in [0, 0.05) is 32.7 Å². The SMILES string of the molecule is CC(C)(C)OC(=O)N1CCN(CCCOc2ccc(C(C(=O)O)c3ccccc3)cc2)CC1. The minimum atomic E-state index is -0.873. The first-order valence-electron chi connectivity index (χ1n) is 11.4. The minimum Gasteiger partial charge on any atom is -0.494 e. The molecule has 1 saturated heterocycles. The first-order valence-corrected chi connectivity index (χ1v) is 11.4. The van der Waals surface area contributed by atoms with Crippen LogP contribution >= 0.6 is 0 Å². The lowest BCUT2D eigenvalue weighted by molar-refractivity contribution is -0.137. The van der Waals surface area contributed by atoms with Gasteiger partial charge in [-0.05, 0) is 50.5 Å². The van der Waals surface area contributed by atoms with Crippen LogP contribution in [0.5, 0.6) is 5.75 Å². The summed E-state index contributed by atoms with van der Waals surface area (Å²) in [5.74, 6) is -0.841. The van der Waals surface area contributed by atoms with Crippen molar-refractivity contribution in [2.45, 2.75) is 38.7 Å². The maximum absolute atomic E-state index is 12.2. The predicted octanol–water partition coefficient (Wildman–Crippen LogP) is 4.22. The molecule has 0 spiro atoms. The summed E-state index contributed by atoms with van der Waals surface area (Å²) >= 11 is 0. The van der Waals surface area contributed by atoms with E-state index in [9.17, 15) is 14.7 Å². The van der Waals surface area contributed by atoms with E-state index < -0.39 is 17.5 Å². The van der Waals surface area contributed by atoms with E-state index in [-0.39, 0.29) is 6.09 Å². The molecule has 0 bridgehead atoms. The average Bonchev–Trinajstić information content (AvgIpc) is 2.77. The molecule has 1 fully saturated rings. The number of nitrogens with zero attached hydrogens (tertiary/aromatic N) is 2. The number of carboxylic acid groups (broad SMARTS) is 1. The molecule has 1 amide bonds. The Morgan fingerprint density at radius 1 is 0.939 bits per heavy atom. The van der Waals surface area contributed by atoms with Crippen LogP contribution in [0, 0.1) is 0 Å². The Balaban J connectivity index is 1.40. The summed E-state index contributed by atoms with van der Waals surface area (Å²) in [4.78, 5) is 28.0. The van der Waals surface area contributed by atoms with Crippen molar-refractivity contribution in [2.24, 2.45) is 0 Å². The number of benzene rings is 2. The number of hydrogen-bond donors (Lipinski definition) is 1. The molecule has 1 N–H and O–H groups in total. The van der Waals surface area contributed by atoms with Crippen molar-refractivity contribution in [1.82, 2.24) is 9.80 Å². The summed E-state index contributed by atoms with van der Waals surface area (Å²) in [6.45, 7) is 10.1. The van der Waals surface area contributed by atoms with Gasteiger partial charge < -0.3 is 19.5 Å². The van der Waals surface area contributed by atoms with Gasteiger partial charge in [0.25, 0.3) is 0 Å². The molecule has 33 heavy (non-hydrogen) atoms. The van der Waals surface area contributed by atoms with Gasteiger partial charge in [0.05, 0.1) is 6.61 Å². The molecule has 1 atom stereocenters. The van der Waals surface area contributed by atoms with E-state index in [0.717, 1.165) is 42.9 Å². The molecule has 7 nitrogen and oxygen atoms in total. The summed E-state index contributed by atoms with van der Waals surface area (Å²) < 4.78 is 11.3. The highest BCUT2D eigenvalue weighted by atomic mass is 16.6. The number of carbonyl (C=O) groups excluding carboxylic acids is 1. The average molecular weight is 455 g/mol. The van der Waals surface area contributed by atoms with Crippen LogP contribution in [0.2, 0.25) is 0 Å². The lowest BCUT2D eigenvalue weighted by Crippen LogP contribution is -2.50. The second-order valence-corrected chi connectivity index (χ2v) is 9.26. The lowest BCUT2D eigenvalue weighted by Gasteiger charge is -2.35. The van der Waals surface area contributed by atoms with Gasteiger partial charge in [0.2, 0.25) is 0 Å². The molecule has 0 aromatic heterocycles. The van der Waals surface area contributed by atoms with Gasteiger partial charge in [-0.1, -0.05) is 42.5 Å². The summed E-state index contributed by atoms with van der Waals surface area (Å²) in [5, 5.41) is 9.68. The summed E-state index contributed by atoms with van der Waals surface area (Å²) in [5.41, 5.74) is 1.01. The van der Waals surface area contributed by atoms with Crippen molar-refractivity contribution in [3.8, 4) is 5.75 Å². The van der Waals surface area contributed by atoms with Crippen molar-refractivity contribution in [3.05, 3.63) is 65.7 Å². The summed E-state index contributed by atoms with van der Waals surface area (Å²) in [6.07, 6.45) is 0.627. The molecule has 0 saturated carbocycles. The highest BCUT2D eigenvalue weighted by Crippen LogP contribution is 2.26. The Kier molecular flexibility index (Phi) is 8.33. The zero-order valence-corrected chi connectivity index (χ0v) is 19.7. The molecule has 3 rings (SSSR count). The number of piperazine rings is 1. The van der Waals surface area contributed by atoms with Crippen LogP contribution in [0.4, 0.5) is 4.79 Å². The van der Waals surface area contributed by atoms with Crippen LogP contribution < -0.4 is 4.74 Å². The number of amides is 1. The van der Waals surface area contributed by atoms with Gasteiger partial charge in [0.15, 0.2) is 0 Å². The van der Waals surface area contributed by atoms with Crippen LogP contribution in [0.3, 0.4) is 0 Å². The quantitative estimate of drug-likeness (QED) is 0.602. The van der Waals surface area contributed by atoms with Crippen molar-refractivity contribution in [2.75, 3.05) is 39.3 Å². The second kappa shape index (κ2) is 11.2. The predicted molar refractivity (Wildman–Crippen MR) is 127 cm³/mol. The highest BCUT2D eigenvalue weighted by Gasteiger charge is 2.25. The smallest absolute Gasteiger partial charge is 0.410 e. The fourth-order valence-corrected chi connectivity index (χ4v) is 3.84. The fraction of sp³-hybridized carbons (Fsp3) is 0.462. The Labute approximate surface area is 195 Å². The zero-order chi connectivity index (χ0) is 23.8. The molecule has 0 radical (unpaired) electrons. The van der Waals surface area contributed by atoms with Gasteiger partial charge in [-0.25, -0.2) is 4.79 Å². The monoisotopic (exact) mass is 454 g/mol. The van der Waals surface area contributed by atoms with E-state index in [2.05, 4.69) is 4.90 Å². The van der Waals surface area contributed by atoms with E-state index in [1.54, 1.807) is 4.90 Å². The third-order valence-corrected chi connectivity index (χ3v) is 5.50. The zero-order valence-electron chi connectivity index (χ0n) is 19.7. The number of hydrogen-bond acceptors (Lipinski definition) is 5. The maximum Gasteiger partial charge on any atom is 0.410 e. The van der Waals surface area contributed by atoms with Crippen LogP contribution in [-0.4, -0.2) is 71.9 Å². The molecule has 7 heteroatoms. The second-order valence-electron chi connectivity index (χ2n) is 9.26. The highest BCUT2D eigenvalue weighted by molar-refractivity contribution is 5.80. The van der Waals surface area contributed by atoms with Gasteiger partial charge >= 0.3 is 12.1 Å². The topological polar surface area (TPSA) is 79.3 Å². The van der Waals surface area contributed by atoms with E-state index in [1.807, 2.05) is 75.4 Å². The van der Waals surface area contributed by atoms with Gasteiger partial charge in [-0.2, -0.15) is 0 Å². The Hall–Kier alpha value is -3.06. The summed E-state index contributed by atoms with van der Waals surface area (Å²) in [7, 11) is 0. The Morgan fingerprint density at radius 3 is 2.12 bits per heavy atom. The van der Waals surface area contributed by atoms with E-state index >= 15 is 0 Å². The van der Waals surface area contributed by atoms with Crippen LogP contribution in [-0.2, 0) is 9.53 Å². The van der Waals surface area contributed by atoms with Gasteiger partial charge in [0.1, 0.15) is 17.3 Å². The fourth-order valence-electron chi connectivity index (χ4n) is 3.84. The maximum atomic E-state index is 12.2. The van der Waals surface area contributed by atoms with E-state index in [1.165, 1.54) is 0 Å². The molecular formula is C26H34N2O5. The standard InChI is InChI=1S/C26H34N2O5/c1-26(2,3)33-25(31)28-17-15-27(16-18-28)14-7-19-32-22-12-10-21(11-13-22)23(24(29)30)20-8-5-4-6-9-20/h4-6,8-13,23H,7,14-19H2,1-3H3,(H,29,30). The molecule has 1 heterocycles. The normalized spacial score (nSPS) is 15.7. The molecule has 0 aliphatic carbocycles. The lowest BCUT2D eigenvalue weighted by atomic mass is 9.91. The number of carbonyl (C=O) groups is 2. The Bertz CT molecular complexity index is 901. The van der Waals surface area contributed by atoms with Crippen molar-refractivity contribution >= 4 is 12.1 Å². The number of rotatable bonds is 8. The van der Waals surface area contributed by atoms with Crippen molar-refractivity contribution < 1.29 is 24.2 Å². The third kappa shape index (κ3) is 7.49. The van der Waals surface area contributed by atoms with Crippen LogP contribution in [0.15, 0.2) is 54.6 Å². The Morgan fingerprint density at radius 2 is 1.55 bits per heavy atom. The number of aliphatic carboxylic acids is 1. The molecule has 2 aromatic carbocycles. The van der Waals surface area contributed by atoms with Gasteiger partial charge in [-0.3, -0.25) is 9.69 Å². The largest absolute Gasteiger partial charge is 0.494 e. The molecule has 1 unspecified atom stereocenters. The molecule has 1 aliphatic heterocycles. The van der Waals surface area contributed by atoms with Gasteiger partial charge in [-0.15, -0.1) is 0 Å². The third-order valence-electron chi connectivity index (χ3n) is 5.50. The van der Waals surface area contributed by atoms with Crippen molar-refractivity contribution in [1.29, 1.82) is 0 Å². The summed E-state index contributed by atoms with van der Waals surface area (Å²) in [6, 6.07) is 16.5. The van der Waals surface area contributed by atoms with E-state index in [0.29, 0.717) is 19.7 Å². The molecular weight excluding hydrogens is 420 g/mol. The number of ether oxygens (including phenoxy) is 2. The van der Waals surface area contributed by atoms with Crippen LogP contribution in [0.25, 0.3) is 0 Å². The van der Waals surface area contributed by atoms with Crippen LogP contribution in [0.1, 0.15) is 44.2 Å².